The fourth-order valence-electron chi connectivity index (χ4n) is 20.3. The molecule has 5 saturated carbocycles. The Morgan fingerprint density at radius 1 is 0.949 bits per heavy atom. The largest absolute Gasteiger partial charge is 0.481 e. The number of ether oxygens (including phenoxy) is 2. The van der Waals surface area contributed by atoms with Crippen LogP contribution >= 0.6 is 0 Å². The summed E-state index contributed by atoms with van der Waals surface area (Å²) in [5.74, 6) is -3.27. The molecule has 20 nitrogen and oxygen atoms in total. The maximum absolute atomic E-state index is 15.2. The highest BCUT2D eigenvalue weighted by Crippen LogP contribution is 2.79. The number of fused-ring (bicyclic) bond motifs is 11. The van der Waals surface area contributed by atoms with Crippen molar-refractivity contribution in [3.05, 3.63) is 41.9 Å². The SMILES string of the molecule is CNC[C@H](C[C@@H](c1cnc[nH]1)[C@H]1NC(=O)C2(CCCC2)[C@@H]1C[C@H]1[C@@H](O)[C@@H](O[C@@H]2OC[C@@H](O)[C@H](O)[C@H]2O)[C@@](C)(CO)[C@H]2CC[C@]3(C)[C@H](CC=C4[C@@H]5C[C@@](C)(CO)CC[C@]5(C(=O)O)[C@H]5CNc6nc[nH]c6C[C@@H]5[C@]43C)[C@]21C)[C@@H](N)O. The van der Waals surface area contributed by atoms with Crippen LogP contribution in [0.25, 0.3) is 0 Å². The van der Waals surface area contributed by atoms with Crippen LogP contribution in [-0.2, 0) is 25.5 Å². The lowest BCUT2D eigenvalue weighted by Crippen LogP contribution is -2.74. The number of anilines is 1. The summed E-state index contributed by atoms with van der Waals surface area (Å²) in [7, 11) is 1.81. The number of aliphatic hydroxyl groups is 7. The summed E-state index contributed by atoms with van der Waals surface area (Å²) in [6, 6.07) is -0.489. The first-order valence-corrected chi connectivity index (χ1v) is 29.3. The first-order valence-electron chi connectivity index (χ1n) is 29.3. The van der Waals surface area contributed by atoms with Gasteiger partial charge in [0.2, 0.25) is 5.91 Å². The molecule has 1 spiro atoms. The van der Waals surface area contributed by atoms with E-state index in [0.717, 1.165) is 35.6 Å². The number of nitrogens with one attached hydrogen (secondary N) is 5. The number of nitrogens with zero attached hydrogens (tertiary/aromatic N) is 2. The fraction of sp³-hybridized carbons (Fsp3) is 0.828. The van der Waals surface area contributed by atoms with Crippen molar-refractivity contribution in [2.75, 3.05) is 45.3 Å². The van der Waals surface area contributed by atoms with Crippen LogP contribution in [0.2, 0.25) is 0 Å². The van der Waals surface area contributed by atoms with Gasteiger partial charge in [0.1, 0.15) is 30.4 Å². The molecule has 3 aliphatic heterocycles. The van der Waals surface area contributed by atoms with Crippen molar-refractivity contribution in [2.45, 2.75) is 173 Å². The van der Waals surface area contributed by atoms with Gasteiger partial charge in [-0.1, -0.05) is 59.1 Å². The zero-order chi connectivity index (χ0) is 55.7. The number of carbonyl (C=O) groups excluding carboxylic acids is 1. The van der Waals surface area contributed by atoms with Gasteiger partial charge in [0, 0.05) is 54.9 Å². The van der Waals surface area contributed by atoms with Crippen LogP contribution in [-0.4, -0.2) is 162 Å². The van der Waals surface area contributed by atoms with Gasteiger partial charge in [-0.2, -0.15) is 0 Å². The molecular formula is C58H90N8O12. The van der Waals surface area contributed by atoms with E-state index in [9.17, 15) is 45.6 Å². The monoisotopic (exact) mass is 1090 g/mol. The summed E-state index contributed by atoms with van der Waals surface area (Å²) in [5, 5.41) is 103. The molecule has 1 amide bonds. The minimum atomic E-state index is -1.66. The highest BCUT2D eigenvalue weighted by Gasteiger charge is 2.77. The summed E-state index contributed by atoms with van der Waals surface area (Å²) in [4.78, 5) is 45.5. The van der Waals surface area contributed by atoms with Crippen molar-refractivity contribution in [3.8, 4) is 0 Å². The van der Waals surface area contributed by atoms with Gasteiger partial charge < -0.3 is 82.0 Å². The number of hydrogen-bond acceptors (Lipinski definition) is 16. The van der Waals surface area contributed by atoms with E-state index in [1.54, 1.807) is 18.9 Å². The number of nitrogens with two attached hydrogens (primary N) is 1. The van der Waals surface area contributed by atoms with Crippen molar-refractivity contribution in [1.29, 1.82) is 0 Å². The maximum Gasteiger partial charge on any atom is 0.310 e. The Labute approximate surface area is 457 Å². The second-order valence-electron chi connectivity index (χ2n) is 27.6. The van der Waals surface area contributed by atoms with Gasteiger partial charge in [0.25, 0.3) is 0 Å². The van der Waals surface area contributed by atoms with E-state index in [0.29, 0.717) is 83.7 Å². The van der Waals surface area contributed by atoms with Crippen LogP contribution in [0.1, 0.15) is 129 Å². The summed E-state index contributed by atoms with van der Waals surface area (Å²) in [5.41, 5.74) is 3.61. The van der Waals surface area contributed by atoms with Gasteiger partial charge in [-0.25, -0.2) is 9.97 Å². The molecule has 0 bridgehead atoms. The fourth-order valence-corrected chi connectivity index (χ4v) is 20.3. The molecule has 11 rings (SSSR count). The van der Waals surface area contributed by atoms with E-state index >= 15 is 4.79 Å². The number of carboxylic acid groups (broad SMARTS) is 1. The van der Waals surface area contributed by atoms with Crippen molar-refractivity contribution < 1.29 is 59.9 Å². The number of aliphatic hydroxyl groups excluding tert-OH is 7. The first-order chi connectivity index (χ1) is 37.0. The number of aromatic amines is 2. The lowest BCUT2D eigenvalue weighted by molar-refractivity contribution is -0.341. The minimum Gasteiger partial charge on any atom is -0.481 e. The van der Waals surface area contributed by atoms with Gasteiger partial charge in [0.15, 0.2) is 6.29 Å². The smallest absolute Gasteiger partial charge is 0.310 e. The van der Waals surface area contributed by atoms with Crippen molar-refractivity contribution in [3.63, 3.8) is 0 Å². The van der Waals surface area contributed by atoms with Crippen LogP contribution in [0, 0.1) is 85.2 Å². The Morgan fingerprint density at radius 2 is 1.71 bits per heavy atom. The number of aromatic nitrogens is 4. The number of imidazole rings is 2. The highest BCUT2D eigenvalue weighted by molar-refractivity contribution is 5.86. The molecule has 0 aromatic carbocycles. The number of aliphatic carboxylic acids is 1. The summed E-state index contributed by atoms with van der Waals surface area (Å²) < 4.78 is 12.8. The van der Waals surface area contributed by atoms with E-state index < -0.39 is 111 Å². The standard InChI is InChI=1S/C58H90N8O12/c1-52(25-67)15-16-58(51(75)76)35(20-52)31-9-10-41-54(3,56(31,5)32-19-37-48(65-28-64-37)62-22-36(32)58)14-11-40-53(2,26-68)46(78-49-45(72)44(71)39(69)24-77-49)43(70)34(55(40,41)4)18-33-42(66-50(74)57(33)12-7-8-13-57)30(38-23-61-27-63-38)17-29(21-60-6)47(59)73/h9,23,27-30,32-36,39-47,49,60,62,67-73H,7-8,10-22,24-26,59H2,1-6H3,(H,61,63)(H,64,65)(H,66,74)(H,75,76)/t29-,30-,32-,33+,34-,35-,36-,39+,40+,41-,42+,43+,44-,45+,46+,47-,49-,52-,53-,54+,55-,56-,58+/m0/s1. The third kappa shape index (κ3) is 7.97. The molecule has 9 aliphatic rings. The van der Waals surface area contributed by atoms with E-state index in [-0.39, 0.29) is 60.5 Å². The van der Waals surface area contributed by atoms with E-state index in [2.05, 4.69) is 64.7 Å². The lowest BCUT2D eigenvalue weighted by atomic mass is 9.29. The quantitative estimate of drug-likeness (QED) is 0.0735. The Bertz CT molecular complexity index is 2560. The molecular weight excluding hydrogens is 1000 g/mol. The van der Waals surface area contributed by atoms with Crippen molar-refractivity contribution >= 4 is 17.7 Å². The molecule has 5 heterocycles. The first kappa shape index (κ1) is 56.3. The number of carboxylic acids is 1. The molecule has 20 heteroatoms. The normalized spacial score (nSPS) is 46.6. The van der Waals surface area contributed by atoms with Crippen molar-refractivity contribution in [1.82, 2.24) is 30.6 Å². The molecule has 2 aromatic rings. The van der Waals surface area contributed by atoms with E-state index in [4.69, 9.17) is 20.2 Å². The summed E-state index contributed by atoms with van der Waals surface area (Å²) in [6.45, 7) is 11.2. The number of carbonyl (C=O) groups is 2. The molecule has 434 valence electrons. The van der Waals surface area contributed by atoms with E-state index in [1.165, 1.54) is 0 Å². The summed E-state index contributed by atoms with van der Waals surface area (Å²) >= 11 is 0. The van der Waals surface area contributed by atoms with Crippen molar-refractivity contribution in [2.24, 2.45) is 91.0 Å². The van der Waals surface area contributed by atoms with Gasteiger partial charge in [-0.15, -0.1) is 0 Å². The molecule has 0 radical (unpaired) electrons. The van der Waals surface area contributed by atoms with Crippen LogP contribution < -0.4 is 21.7 Å². The predicted molar refractivity (Wildman–Crippen MR) is 285 cm³/mol. The molecule has 0 unspecified atom stereocenters. The molecule has 15 N–H and O–H groups in total. The van der Waals surface area contributed by atoms with Crippen LogP contribution in [0.4, 0.5) is 5.82 Å². The Kier molecular flexibility index (Phi) is 14.5. The van der Waals surface area contributed by atoms with Gasteiger partial charge in [-0.05, 0) is 141 Å². The minimum absolute atomic E-state index is 0.0341. The molecule has 23 atom stereocenters. The number of H-pyrrole nitrogens is 2. The number of amides is 1. The Balaban J connectivity index is 1.10. The Morgan fingerprint density at radius 3 is 2.37 bits per heavy atom. The topological polar surface area (TPSA) is 334 Å². The molecule has 2 aromatic heterocycles. The molecule has 2 saturated heterocycles. The molecule has 78 heavy (non-hydrogen) atoms. The molecule has 7 fully saturated rings. The second kappa shape index (κ2) is 20.1. The van der Waals surface area contributed by atoms with Crippen LogP contribution in [0.5, 0.6) is 0 Å². The molecule has 6 aliphatic carbocycles. The Hall–Kier alpha value is -3.54. The van der Waals surface area contributed by atoms with E-state index in [1.807, 2.05) is 14.0 Å². The van der Waals surface area contributed by atoms with Gasteiger partial charge >= 0.3 is 5.97 Å². The highest BCUT2D eigenvalue weighted by atomic mass is 16.7. The number of hydrogen-bond donors (Lipinski definition) is 14. The lowest BCUT2D eigenvalue weighted by Gasteiger charge is -2.75. The average molecular weight is 1090 g/mol. The summed E-state index contributed by atoms with van der Waals surface area (Å²) in [6.07, 6.45) is 5.42. The number of rotatable bonds is 14. The number of allylic oxidation sites excluding steroid dienone is 2. The van der Waals surface area contributed by atoms with Crippen LogP contribution in [0.15, 0.2) is 30.5 Å². The third-order valence-electron chi connectivity index (χ3n) is 24.5. The van der Waals surface area contributed by atoms with Gasteiger partial charge in [-0.3, -0.25) is 9.59 Å². The third-order valence-corrected chi connectivity index (χ3v) is 24.5. The zero-order valence-corrected chi connectivity index (χ0v) is 46.5. The maximum atomic E-state index is 15.2. The zero-order valence-electron chi connectivity index (χ0n) is 46.5. The second-order valence-corrected chi connectivity index (χ2v) is 27.6. The predicted octanol–water partition coefficient (Wildman–Crippen LogP) is 2.76. The average Bonchev–Trinajstić information content (AvgIpc) is 1.31. The van der Waals surface area contributed by atoms with Gasteiger partial charge in [0.05, 0.1) is 54.6 Å². The van der Waals surface area contributed by atoms with Crippen LogP contribution in [0.3, 0.4) is 0 Å².